The van der Waals surface area contributed by atoms with Crippen LogP contribution in [-0.2, 0) is 14.3 Å². The molecule has 0 aromatic heterocycles. The predicted molar refractivity (Wildman–Crippen MR) is 52.8 cm³/mol. The van der Waals surface area contributed by atoms with E-state index in [2.05, 4.69) is 10.1 Å². The second-order valence-electron chi connectivity index (χ2n) is 3.29. The van der Waals surface area contributed by atoms with Gasteiger partial charge in [0.2, 0.25) is 5.91 Å². The van der Waals surface area contributed by atoms with E-state index < -0.39 is 24.0 Å². The van der Waals surface area contributed by atoms with Gasteiger partial charge in [-0.05, 0) is 6.92 Å². The van der Waals surface area contributed by atoms with E-state index in [1.54, 1.807) is 6.92 Å². The second kappa shape index (κ2) is 5.34. The molecule has 0 aliphatic carbocycles. The Morgan fingerprint density at radius 2 is 2.31 bits per heavy atom. The maximum atomic E-state index is 11.4. The fourth-order valence-corrected chi connectivity index (χ4v) is 1.52. The highest BCUT2D eigenvalue weighted by Gasteiger charge is 2.34. The summed E-state index contributed by atoms with van der Waals surface area (Å²) in [6.07, 6.45) is -1.45. The van der Waals surface area contributed by atoms with Crippen molar-refractivity contribution in [2.24, 2.45) is 0 Å². The van der Waals surface area contributed by atoms with Crippen molar-refractivity contribution in [2.45, 2.75) is 19.4 Å². The first-order chi connectivity index (χ1) is 7.56. The maximum Gasteiger partial charge on any atom is 0.408 e. The molecule has 1 aliphatic rings. The van der Waals surface area contributed by atoms with Crippen molar-refractivity contribution >= 4 is 18.0 Å². The molecule has 1 unspecified atom stereocenters. The van der Waals surface area contributed by atoms with E-state index in [1.807, 2.05) is 0 Å². The van der Waals surface area contributed by atoms with Crippen LogP contribution in [0.25, 0.3) is 0 Å². The fraction of sp³-hybridized carbons (Fsp3) is 0.667. The van der Waals surface area contributed by atoms with Crippen LogP contribution < -0.4 is 5.32 Å². The Bertz CT molecular complexity index is 304. The van der Waals surface area contributed by atoms with Gasteiger partial charge in [0.25, 0.3) is 0 Å². The van der Waals surface area contributed by atoms with Gasteiger partial charge in [-0.25, -0.2) is 4.79 Å². The van der Waals surface area contributed by atoms with Crippen LogP contribution in [0, 0.1) is 0 Å². The van der Waals surface area contributed by atoms with Gasteiger partial charge in [-0.3, -0.25) is 14.5 Å². The topological polar surface area (TPSA) is 95.9 Å². The molecular formula is C9H14N2O5. The number of ether oxygens (including phenoxy) is 1. The molecule has 7 nitrogen and oxygen atoms in total. The van der Waals surface area contributed by atoms with Crippen molar-refractivity contribution in [1.82, 2.24) is 10.2 Å². The third-order valence-electron chi connectivity index (χ3n) is 2.24. The van der Waals surface area contributed by atoms with Crippen molar-refractivity contribution in [3.05, 3.63) is 0 Å². The van der Waals surface area contributed by atoms with E-state index in [0.717, 1.165) is 4.90 Å². The number of hydrogen-bond acceptors (Lipinski definition) is 4. The quantitative estimate of drug-likeness (QED) is 0.632. The smallest absolute Gasteiger partial charge is 0.408 e. The number of carbonyl (C=O) groups is 3. The molecule has 0 bridgehead atoms. The van der Waals surface area contributed by atoms with Crippen LogP contribution in [0.3, 0.4) is 0 Å². The summed E-state index contributed by atoms with van der Waals surface area (Å²) in [7, 11) is 0. The van der Waals surface area contributed by atoms with Crippen molar-refractivity contribution < 1.29 is 24.2 Å². The summed E-state index contributed by atoms with van der Waals surface area (Å²) < 4.78 is 4.68. The summed E-state index contributed by atoms with van der Waals surface area (Å²) in [6.45, 7) is 2.31. The van der Waals surface area contributed by atoms with Gasteiger partial charge in [-0.15, -0.1) is 0 Å². The summed E-state index contributed by atoms with van der Waals surface area (Å²) in [5.41, 5.74) is 0. The van der Waals surface area contributed by atoms with Gasteiger partial charge in [-0.2, -0.15) is 0 Å². The van der Waals surface area contributed by atoms with Crippen LogP contribution in [0.1, 0.15) is 13.3 Å². The lowest BCUT2D eigenvalue weighted by Gasteiger charge is -2.32. The number of amides is 2. The van der Waals surface area contributed by atoms with Gasteiger partial charge in [0, 0.05) is 13.1 Å². The van der Waals surface area contributed by atoms with Crippen LogP contribution in [0.4, 0.5) is 4.79 Å². The van der Waals surface area contributed by atoms with Crippen molar-refractivity contribution in [2.75, 3.05) is 19.7 Å². The molecule has 1 saturated heterocycles. The molecule has 0 aromatic rings. The first-order valence-corrected chi connectivity index (χ1v) is 4.99. The molecule has 7 heteroatoms. The summed E-state index contributed by atoms with van der Waals surface area (Å²) in [5.74, 6) is -1.03. The Kier molecular flexibility index (Phi) is 4.10. The maximum absolute atomic E-state index is 11.4. The number of piperazine rings is 1. The number of carbonyl (C=O) groups excluding carboxylic acids is 2. The minimum absolute atomic E-state index is 0.186. The third-order valence-corrected chi connectivity index (χ3v) is 2.24. The van der Waals surface area contributed by atoms with Gasteiger partial charge in [-0.1, -0.05) is 0 Å². The highest BCUT2D eigenvalue weighted by Crippen LogP contribution is 2.09. The summed E-state index contributed by atoms with van der Waals surface area (Å²) in [4.78, 5) is 34.4. The van der Waals surface area contributed by atoms with E-state index in [1.165, 1.54) is 0 Å². The number of nitrogens with one attached hydrogen (secondary N) is 1. The number of hydrogen-bond donors (Lipinski definition) is 2. The Balaban J connectivity index is 2.67. The fourth-order valence-electron chi connectivity index (χ4n) is 1.52. The number of esters is 1. The molecule has 0 saturated carbocycles. The second-order valence-corrected chi connectivity index (χ2v) is 3.29. The first-order valence-electron chi connectivity index (χ1n) is 4.99. The molecule has 16 heavy (non-hydrogen) atoms. The van der Waals surface area contributed by atoms with E-state index in [9.17, 15) is 14.4 Å². The average molecular weight is 230 g/mol. The Morgan fingerprint density at radius 3 is 2.88 bits per heavy atom. The molecule has 1 rings (SSSR count). The van der Waals surface area contributed by atoms with Crippen LogP contribution >= 0.6 is 0 Å². The lowest BCUT2D eigenvalue weighted by atomic mass is 10.1. The lowest BCUT2D eigenvalue weighted by Crippen LogP contribution is -2.57. The van der Waals surface area contributed by atoms with Crippen LogP contribution in [0.15, 0.2) is 0 Å². The molecule has 1 fully saturated rings. The number of carboxylic acid groups (broad SMARTS) is 1. The van der Waals surface area contributed by atoms with Crippen LogP contribution in [0.2, 0.25) is 0 Å². The third kappa shape index (κ3) is 2.85. The molecule has 1 aliphatic heterocycles. The molecular weight excluding hydrogens is 216 g/mol. The number of nitrogens with zero attached hydrogens (tertiary/aromatic N) is 1. The predicted octanol–water partition coefficient (Wildman–Crippen LogP) is -0.582. The highest BCUT2D eigenvalue weighted by molar-refractivity contribution is 5.90. The summed E-state index contributed by atoms with van der Waals surface area (Å²) in [5, 5.41) is 11.4. The average Bonchev–Trinajstić information content (AvgIpc) is 2.21. The summed E-state index contributed by atoms with van der Waals surface area (Å²) >= 11 is 0. The molecule has 0 spiro atoms. The van der Waals surface area contributed by atoms with E-state index in [0.29, 0.717) is 0 Å². The van der Waals surface area contributed by atoms with Crippen molar-refractivity contribution in [1.29, 1.82) is 0 Å². The molecule has 0 radical (unpaired) electrons. The lowest BCUT2D eigenvalue weighted by molar-refractivity contribution is -0.147. The monoisotopic (exact) mass is 230 g/mol. The Hall–Kier alpha value is -1.79. The van der Waals surface area contributed by atoms with E-state index in [4.69, 9.17) is 5.11 Å². The highest BCUT2D eigenvalue weighted by atomic mass is 16.5. The molecule has 1 atom stereocenters. The van der Waals surface area contributed by atoms with Gasteiger partial charge in [0.15, 0.2) is 0 Å². The van der Waals surface area contributed by atoms with E-state index >= 15 is 0 Å². The minimum Gasteiger partial charge on any atom is -0.466 e. The van der Waals surface area contributed by atoms with Crippen molar-refractivity contribution in [3.8, 4) is 0 Å². The standard InChI is InChI=1S/C9H14N2O5/c1-2-16-7(12)5-6-8(13)10-3-4-11(6)9(14)15/h6H,2-5H2,1H3,(H,10,13)(H,14,15). The van der Waals surface area contributed by atoms with Gasteiger partial charge < -0.3 is 15.2 Å². The van der Waals surface area contributed by atoms with Crippen LogP contribution in [0.5, 0.6) is 0 Å². The Morgan fingerprint density at radius 1 is 1.62 bits per heavy atom. The first kappa shape index (κ1) is 12.3. The zero-order valence-electron chi connectivity index (χ0n) is 8.93. The molecule has 90 valence electrons. The SMILES string of the molecule is CCOC(=O)CC1C(=O)NCCN1C(=O)O. The Labute approximate surface area is 92.4 Å². The van der Waals surface area contributed by atoms with Crippen LogP contribution in [-0.4, -0.2) is 53.7 Å². The minimum atomic E-state index is -1.20. The normalized spacial score (nSPS) is 20.2. The van der Waals surface area contributed by atoms with Gasteiger partial charge in [0.1, 0.15) is 6.04 Å². The molecule has 0 aromatic carbocycles. The molecule has 2 N–H and O–H groups in total. The van der Waals surface area contributed by atoms with E-state index in [-0.39, 0.29) is 26.1 Å². The summed E-state index contributed by atoms with van der Waals surface area (Å²) in [6, 6.07) is -0.981. The van der Waals surface area contributed by atoms with Gasteiger partial charge in [0.05, 0.1) is 13.0 Å². The molecule has 1 heterocycles. The van der Waals surface area contributed by atoms with Gasteiger partial charge >= 0.3 is 12.1 Å². The zero-order valence-corrected chi connectivity index (χ0v) is 8.93. The molecule has 2 amide bonds. The zero-order chi connectivity index (χ0) is 12.1. The number of rotatable bonds is 3. The van der Waals surface area contributed by atoms with Crippen molar-refractivity contribution in [3.63, 3.8) is 0 Å². The largest absolute Gasteiger partial charge is 0.466 e.